The number of aryl methyl sites for hydroxylation is 1. The third-order valence-electron chi connectivity index (χ3n) is 3.91. The van der Waals surface area contributed by atoms with Gasteiger partial charge in [0, 0.05) is 5.69 Å². The van der Waals surface area contributed by atoms with Gasteiger partial charge in [-0.05, 0) is 54.3 Å². The van der Waals surface area contributed by atoms with Crippen molar-refractivity contribution in [3.63, 3.8) is 0 Å². The predicted octanol–water partition coefficient (Wildman–Crippen LogP) is 4.29. The quantitative estimate of drug-likeness (QED) is 0.576. The van der Waals surface area contributed by atoms with E-state index in [2.05, 4.69) is 12.2 Å². The monoisotopic (exact) mass is 350 g/mol. The number of anilines is 1. The molecule has 0 fully saturated rings. The molecule has 2 aromatic carbocycles. The topological polar surface area (TPSA) is 82.4 Å². The van der Waals surface area contributed by atoms with E-state index in [1.165, 1.54) is 24.8 Å². The summed E-state index contributed by atoms with van der Waals surface area (Å²) < 4.78 is 4.98. The Morgan fingerprint density at radius 2 is 2.00 bits per heavy atom. The number of hydrogen-bond acceptors (Lipinski definition) is 4. The lowest BCUT2D eigenvalue weighted by atomic mass is 10.1. The Balaban J connectivity index is 2.11. The number of hydrogen-bond donors (Lipinski definition) is 2. The molecule has 2 aromatic rings. The van der Waals surface area contributed by atoms with Crippen LogP contribution in [0.5, 0.6) is 11.5 Å². The molecule has 0 spiro atoms. The van der Waals surface area contributed by atoms with Crippen LogP contribution >= 0.6 is 0 Å². The van der Waals surface area contributed by atoms with Crippen molar-refractivity contribution in [2.24, 2.45) is 0 Å². The average Bonchev–Trinajstić information content (AvgIpc) is 2.65. The van der Waals surface area contributed by atoms with Gasteiger partial charge in [-0.2, -0.15) is 5.26 Å². The molecule has 0 aliphatic heterocycles. The maximum Gasteiger partial charge on any atom is 0.266 e. The van der Waals surface area contributed by atoms with E-state index in [4.69, 9.17) is 4.74 Å². The Labute approximate surface area is 153 Å². The molecule has 1 amide bonds. The minimum atomic E-state index is -0.496. The van der Waals surface area contributed by atoms with Crippen LogP contribution in [0.1, 0.15) is 30.9 Å². The summed E-state index contributed by atoms with van der Waals surface area (Å²) in [5.74, 6) is -0.223. The van der Waals surface area contributed by atoms with Crippen molar-refractivity contribution < 1.29 is 14.6 Å². The lowest BCUT2D eigenvalue weighted by molar-refractivity contribution is -0.112. The number of carbonyl (C=O) groups excluding carboxylic acids is 1. The molecular weight excluding hydrogens is 328 g/mol. The number of aromatic hydroxyl groups is 1. The zero-order valence-electron chi connectivity index (χ0n) is 15.0. The van der Waals surface area contributed by atoms with Crippen molar-refractivity contribution in [3.05, 3.63) is 59.2 Å². The van der Waals surface area contributed by atoms with Crippen LogP contribution in [-0.4, -0.2) is 18.1 Å². The van der Waals surface area contributed by atoms with E-state index in [9.17, 15) is 15.2 Å². The third-order valence-corrected chi connectivity index (χ3v) is 3.91. The van der Waals surface area contributed by atoms with Crippen LogP contribution in [0, 0.1) is 11.3 Å². The molecular formula is C21H22N2O3. The first-order chi connectivity index (χ1) is 12.6. The highest BCUT2D eigenvalue weighted by Gasteiger charge is 2.10. The predicted molar refractivity (Wildman–Crippen MR) is 102 cm³/mol. The summed E-state index contributed by atoms with van der Waals surface area (Å²) >= 11 is 0. The molecule has 26 heavy (non-hydrogen) atoms. The Bertz CT molecular complexity index is 833. The molecule has 0 aliphatic rings. The van der Waals surface area contributed by atoms with Crippen molar-refractivity contribution in [2.75, 3.05) is 12.4 Å². The van der Waals surface area contributed by atoms with Gasteiger partial charge < -0.3 is 15.2 Å². The number of nitriles is 1. The fraction of sp³-hybridized carbons (Fsp3) is 0.238. The number of unbranched alkanes of at least 4 members (excludes halogenated alkanes) is 1. The number of ether oxygens (including phenoxy) is 1. The highest BCUT2D eigenvalue weighted by Crippen LogP contribution is 2.27. The first-order valence-corrected chi connectivity index (χ1v) is 8.46. The summed E-state index contributed by atoms with van der Waals surface area (Å²) in [6.07, 6.45) is 4.69. The fourth-order valence-electron chi connectivity index (χ4n) is 2.45. The van der Waals surface area contributed by atoms with Crippen LogP contribution in [0.2, 0.25) is 0 Å². The molecule has 0 heterocycles. The van der Waals surface area contributed by atoms with Gasteiger partial charge in [-0.25, -0.2) is 0 Å². The molecule has 5 heteroatoms. The number of phenolic OH excluding ortho intramolecular Hbond substituents is 1. The molecule has 2 rings (SSSR count). The summed E-state index contributed by atoms with van der Waals surface area (Å²) in [6, 6.07) is 14.2. The molecule has 0 radical (unpaired) electrons. The number of nitrogens with zero attached hydrogens (tertiary/aromatic N) is 1. The van der Waals surface area contributed by atoms with Crippen LogP contribution in [0.15, 0.2) is 48.0 Å². The highest BCUT2D eigenvalue weighted by atomic mass is 16.5. The third kappa shape index (κ3) is 5.12. The van der Waals surface area contributed by atoms with Gasteiger partial charge >= 0.3 is 0 Å². The van der Waals surface area contributed by atoms with E-state index in [0.717, 1.165) is 19.3 Å². The lowest BCUT2D eigenvalue weighted by Crippen LogP contribution is -2.13. The molecule has 0 unspecified atom stereocenters. The van der Waals surface area contributed by atoms with Gasteiger partial charge in [0.25, 0.3) is 5.91 Å². The molecule has 0 aromatic heterocycles. The first kappa shape index (κ1) is 19.1. The Kier molecular flexibility index (Phi) is 6.81. The maximum atomic E-state index is 12.3. The number of methoxy groups -OCH3 is 1. The minimum absolute atomic E-state index is 0.0513. The van der Waals surface area contributed by atoms with Gasteiger partial charge in [0.2, 0.25) is 0 Å². The Morgan fingerprint density at radius 1 is 1.27 bits per heavy atom. The summed E-state index contributed by atoms with van der Waals surface area (Å²) in [4.78, 5) is 12.3. The average molecular weight is 350 g/mol. The summed E-state index contributed by atoms with van der Waals surface area (Å²) in [5, 5.41) is 21.8. The second-order valence-corrected chi connectivity index (χ2v) is 5.86. The SMILES string of the molecule is CCCCc1ccc(NC(=O)/C(C#N)=C/c2ccc(OC)c(O)c2)cc1. The Hall–Kier alpha value is -3.26. The summed E-state index contributed by atoms with van der Waals surface area (Å²) in [5.41, 5.74) is 2.33. The van der Waals surface area contributed by atoms with Gasteiger partial charge in [0.1, 0.15) is 11.6 Å². The summed E-state index contributed by atoms with van der Waals surface area (Å²) in [6.45, 7) is 2.15. The number of carbonyl (C=O) groups is 1. The van der Waals surface area contributed by atoms with E-state index < -0.39 is 5.91 Å². The van der Waals surface area contributed by atoms with Crippen LogP contribution in [0.25, 0.3) is 6.08 Å². The molecule has 2 N–H and O–H groups in total. The van der Waals surface area contributed by atoms with Gasteiger partial charge in [-0.3, -0.25) is 4.79 Å². The zero-order valence-corrected chi connectivity index (χ0v) is 15.0. The minimum Gasteiger partial charge on any atom is -0.504 e. The number of amides is 1. The van der Waals surface area contributed by atoms with Gasteiger partial charge in [0.15, 0.2) is 11.5 Å². The number of benzene rings is 2. The smallest absolute Gasteiger partial charge is 0.266 e. The maximum absolute atomic E-state index is 12.3. The standard InChI is InChI=1S/C21H22N2O3/c1-3-4-5-15-6-9-18(10-7-15)23-21(25)17(14-22)12-16-8-11-20(26-2)19(24)13-16/h6-13,24H,3-5H2,1-2H3,(H,23,25)/b17-12+. The van der Waals surface area contributed by atoms with Crippen molar-refractivity contribution in [2.45, 2.75) is 26.2 Å². The first-order valence-electron chi connectivity index (χ1n) is 8.46. The van der Waals surface area contributed by atoms with E-state index in [1.54, 1.807) is 12.1 Å². The van der Waals surface area contributed by atoms with Gasteiger partial charge in [-0.15, -0.1) is 0 Å². The molecule has 0 atom stereocenters. The van der Waals surface area contributed by atoms with Gasteiger partial charge in [0.05, 0.1) is 7.11 Å². The molecule has 0 bridgehead atoms. The number of nitrogens with one attached hydrogen (secondary N) is 1. The molecule has 134 valence electrons. The Morgan fingerprint density at radius 3 is 2.58 bits per heavy atom. The van der Waals surface area contributed by atoms with Crippen molar-refractivity contribution in [1.82, 2.24) is 0 Å². The second kappa shape index (κ2) is 9.28. The lowest BCUT2D eigenvalue weighted by Gasteiger charge is -2.07. The highest BCUT2D eigenvalue weighted by molar-refractivity contribution is 6.09. The van der Waals surface area contributed by atoms with Crippen LogP contribution in [0.3, 0.4) is 0 Å². The second-order valence-electron chi connectivity index (χ2n) is 5.86. The van der Waals surface area contributed by atoms with Crippen LogP contribution in [-0.2, 0) is 11.2 Å². The van der Waals surface area contributed by atoms with Gasteiger partial charge in [-0.1, -0.05) is 31.5 Å². The van der Waals surface area contributed by atoms with E-state index in [0.29, 0.717) is 17.0 Å². The molecule has 0 saturated heterocycles. The van der Waals surface area contributed by atoms with Crippen molar-refractivity contribution in [3.8, 4) is 17.6 Å². The fourth-order valence-corrected chi connectivity index (χ4v) is 2.45. The normalized spacial score (nSPS) is 10.9. The zero-order chi connectivity index (χ0) is 18.9. The van der Waals surface area contributed by atoms with Crippen LogP contribution < -0.4 is 10.1 Å². The van der Waals surface area contributed by atoms with E-state index >= 15 is 0 Å². The molecule has 0 aliphatic carbocycles. The van der Waals surface area contributed by atoms with Crippen LogP contribution in [0.4, 0.5) is 5.69 Å². The molecule has 5 nitrogen and oxygen atoms in total. The molecule has 0 saturated carbocycles. The van der Waals surface area contributed by atoms with E-state index in [-0.39, 0.29) is 11.3 Å². The number of rotatable bonds is 7. The number of phenols is 1. The van der Waals surface area contributed by atoms with Crippen molar-refractivity contribution in [1.29, 1.82) is 5.26 Å². The van der Waals surface area contributed by atoms with E-state index in [1.807, 2.05) is 30.3 Å². The largest absolute Gasteiger partial charge is 0.504 e. The van der Waals surface area contributed by atoms with Crippen molar-refractivity contribution >= 4 is 17.7 Å². The summed E-state index contributed by atoms with van der Waals surface area (Å²) in [7, 11) is 1.45.